The SMILES string of the molecule is Cc1ccccc1NC(=O)[C@@H](C)OC(=O)c1c(F)cccc1Cl. The van der Waals surface area contributed by atoms with Crippen molar-refractivity contribution >= 4 is 29.2 Å². The first kappa shape index (κ1) is 17.0. The number of carbonyl (C=O) groups is 2. The van der Waals surface area contributed by atoms with Crippen molar-refractivity contribution in [3.63, 3.8) is 0 Å². The lowest BCUT2D eigenvalue weighted by molar-refractivity contribution is -0.123. The number of nitrogens with one attached hydrogen (secondary N) is 1. The van der Waals surface area contributed by atoms with Crippen molar-refractivity contribution < 1.29 is 18.7 Å². The number of ether oxygens (including phenoxy) is 1. The summed E-state index contributed by atoms with van der Waals surface area (Å²) in [7, 11) is 0. The molecule has 2 aromatic carbocycles. The molecule has 0 aliphatic carbocycles. The van der Waals surface area contributed by atoms with Gasteiger partial charge in [-0.2, -0.15) is 0 Å². The Morgan fingerprint density at radius 2 is 1.87 bits per heavy atom. The van der Waals surface area contributed by atoms with Crippen molar-refractivity contribution in [3.05, 3.63) is 64.4 Å². The maximum atomic E-state index is 13.7. The summed E-state index contributed by atoms with van der Waals surface area (Å²) in [6, 6.07) is 11.0. The van der Waals surface area contributed by atoms with Gasteiger partial charge in [0, 0.05) is 5.69 Å². The summed E-state index contributed by atoms with van der Waals surface area (Å²) >= 11 is 5.80. The highest BCUT2D eigenvalue weighted by Crippen LogP contribution is 2.21. The summed E-state index contributed by atoms with van der Waals surface area (Å²) in [4.78, 5) is 24.1. The smallest absolute Gasteiger partial charge is 0.343 e. The minimum atomic E-state index is -1.10. The largest absolute Gasteiger partial charge is 0.449 e. The third-order valence-corrected chi connectivity index (χ3v) is 3.54. The lowest BCUT2D eigenvalue weighted by atomic mass is 10.2. The zero-order chi connectivity index (χ0) is 17.0. The Labute approximate surface area is 138 Å². The van der Waals surface area contributed by atoms with E-state index in [4.69, 9.17) is 16.3 Å². The van der Waals surface area contributed by atoms with E-state index in [1.807, 2.05) is 19.1 Å². The van der Waals surface area contributed by atoms with Crippen LogP contribution >= 0.6 is 11.6 Å². The molecular weight excluding hydrogens is 321 g/mol. The molecule has 2 aromatic rings. The zero-order valence-electron chi connectivity index (χ0n) is 12.6. The zero-order valence-corrected chi connectivity index (χ0v) is 13.4. The highest BCUT2D eigenvalue weighted by Gasteiger charge is 2.23. The van der Waals surface area contributed by atoms with Gasteiger partial charge in [0.05, 0.1) is 5.02 Å². The van der Waals surface area contributed by atoms with Crippen molar-refractivity contribution in [1.82, 2.24) is 0 Å². The number of rotatable bonds is 4. The van der Waals surface area contributed by atoms with Gasteiger partial charge >= 0.3 is 5.97 Å². The second kappa shape index (κ2) is 7.24. The molecule has 0 bridgehead atoms. The molecule has 0 aromatic heterocycles. The number of aryl methyl sites for hydroxylation is 1. The summed E-state index contributed by atoms with van der Waals surface area (Å²) in [5.74, 6) is -2.30. The molecule has 23 heavy (non-hydrogen) atoms. The maximum Gasteiger partial charge on any atom is 0.343 e. The van der Waals surface area contributed by atoms with Crippen LogP contribution in [0, 0.1) is 12.7 Å². The van der Waals surface area contributed by atoms with E-state index in [-0.39, 0.29) is 10.6 Å². The molecule has 120 valence electrons. The molecule has 0 aliphatic rings. The van der Waals surface area contributed by atoms with Crippen LogP contribution in [0.15, 0.2) is 42.5 Å². The Hall–Kier alpha value is -2.40. The number of esters is 1. The number of benzene rings is 2. The average molecular weight is 336 g/mol. The molecular formula is C17H15ClFNO3. The molecule has 2 rings (SSSR count). The van der Waals surface area contributed by atoms with Gasteiger partial charge in [-0.15, -0.1) is 0 Å². The number of hydrogen-bond donors (Lipinski definition) is 1. The topological polar surface area (TPSA) is 55.4 Å². The minimum Gasteiger partial charge on any atom is -0.449 e. The summed E-state index contributed by atoms with van der Waals surface area (Å²) in [6.07, 6.45) is -1.10. The summed E-state index contributed by atoms with van der Waals surface area (Å²) in [6.45, 7) is 3.24. The first-order valence-corrected chi connectivity index (χ1v) is 7.29. The van der Waals surface area contributed by atoms with Gasteiger partial charge in [0.25, 0.3) is 5.91 Å². The van der Waals surface area contributed by atoms with E-state index in [0.717, 1.165) is 11.6 Å². The van der Waals surface area contributed by atoms with Gasteiger partial charge in [-0.05, 0) is 37.6 Å². The normalized spacial score (nSPS) is 11.7. The van der Waals surface area contributed by atoms with Gasteiger partial charge in [-0.3, -0.25) is 4.79 Å². The van der Waals surface area contributed by atoms with Crippen molar-refractivity contribution in [2.24, 2.45) is 0 Å². The second-order valence-electron chi connectivity index (χ2n) is 4.95. The lowest BCUT2D eigenvalue weighted by Crippen LogP contribution is -2.30. The van der Waals surface area contributed by atoms with E-state index < -0.39 is 23.8 Å². The van der Waals surface area contributed by atoms with Crippen LogP contribution in [0.3, 0.4) is 0 Å². The Kier molecular flexibility index (Phi) is 5.34. The molecule has 6 heteroatoms. The number of hydrogen-bond acceptors (Lipinski definition) is 3. The molecule has 1 N–H and O–H groups in total. The molecule has 0 saturated carbocycles. The average Bonchev–Trinajstić information content (AvgIpc) is 2.49. The third kappa shape index (κ3) is 4.07. The third-order valence-electron chi connectivity index (χ3n) is 3.22. The van der Waals surface area contributed by atoms with Gasteiger partial charge in [-0.1, -0.05) is 35.9 Å². The van der Waals surface area contributed by atoms with E-state index in [1.165, 1.54) is 19.1 Å². The quantitative estimate of drug-likeness (QED) is 0.860. The highest BCUT2D eigenvalue weighted by molar-refractivity contribution is 6.33. The molecule has 0 unspecified atom stereocenters. The number of para-hydroxylation sites is 1. The molecule has 0 radical (unpaired) electrons. The number of halogens is 2. The van der Waals surface area contributed by atoms with Gasteiger partial charge in [0.2, 0.25) is 0 Å². The van der Waals surface area contributed by atoms with Crippen LogP contribution in [-0.2, 0) is 9.53 Å². The van der Waals surface area contributed by atoms with Crippen LogP contribution in [-0.4, -0.2) is 18.0 Å². The summed E-state index contributed by atoms with van der Waals surface area (Å²) < 4.78 is 18.7. The van der Waals surface area contributed by atoms with E-state index in [2.05, 4.69) is 5.32 Å². The molecule has 1 amide bonds. The fraction of sp³-hybridized carbons (Fsp3) is 0.176. The molecule has 0 aliphatic heterocycles. The Balaban J connectivity index is 2.06. The van der Waals surface area contributed by atoms with Crippen LogP contribution in [0.4, 0.5) is 10.1 Å². The van der Waals surface area contributed by atoms with Gasteiger partial charge in [0.1, 0.15) is 11.4 Å². The number of anilines is 1. The van der Waals surface area contributed by atoms with Gasteiger partial charge in [-0.25, -0.2) is 9.18 Å². The number of carbonyl (C=O) groups excluding carboxylic acids is 2. The minimum absolute atomic E-state index is 0.0680. The first-order chi connectivity index (χ1) is 10.9. The Bertz CT molecular complexity index is 728. The van der Waals surface area contributed by atoms with Crippen molar-refractivity contribution in [2.75, 3.05) is 5.32 Å². The maximum absolute atomic E-state index is 13.7. The second-order valence-corrected chi connectivity index (χ2v) is 5.36. The molecule has 0 spiro atoms. The van der Waals surface area contributed by atoms with Crippen molar-refractivity contribution in [3.8, 4) is 0 Å². The molecule has 1 atom stereocenters. The summed E-state index contributed by atoms with van der Waals surface area (Å²) in [5, 5.41) is 2.59. The van der Waals surface area contributed by atoms with Crippen LogP contribution in [0.25, 0.3) is 0 Å². The molecule has 0 fully saturated rings. The standard InChI is InChI=1S/C17H15ClFNO3/c1-10-6-3-4-9-14(10)20-16(21)11(2)23-17(22)15-12(18)7-5-8-13(15)19/h3-9,11H,1-2H3,(H,20,21)/t11-/m1/s1. The van der Waals surface area contributed by atoms with Crippen LogP contribution in [0.2, 0.25) is 5.02 Å². The lowest BCUT2D eigenvalue weighted by Gasteiger charge is -2.15. The molecule has 0 saturated heterocycles. The first-order valence-electron chi connectivity index (χ1n) is 6.91. The monoisotopic (exact) mass is 335 g/mol. The summed E-state index contributed by atoms with van der Waals surface area (Å²) in [5.41, 5.74) is 1.10. The Morgan fingerprint density at radius 3 is 2.52 bits per heavy atom. The van der Waals surface area contributed by atoms with Crippen LogP contribution < -0.4 is 5.32 Å². The highest BCUT2D eigenvalue weighted by atomic mass is 35.5. The predicted molar refractivity (Wildman–Crippen MR) is 86.1 cm³/mol. The molecule has 4 nitrogen and oxygen atoms in total. The van der Waals surface area contributed by atoms with Crippen LogP contribution in [0.1, 0.15) is 22.8 Å². The predicted octanol–water partition coefficient (Wildman–Crippen LogP) is 3.97. The van der Waals surface area contributed by atoms with E-state index >= 15 is 0 Å². The van der Waals surface area contributed by atoms with E-state index in [9.17, 15) is 14.0 Å². The molecule has 0 heterocycles. The van der Waals surface area contributed by atoms with Gasteiger partial charge < -0.3 is 10.1 Å². The van der Waals surface area contributed by atoms with E-state index in [0.29, 0.717) is 5.69 Å². The van der Waals surface area contributed by atoms with Crippen molar-refractivity contribution in [1.29, 1.82) is 0 Å². The van der Waals surface area contributed by atoms with Gasteiger partial charge in [0.15, 0.2) is 6.10 Å². The fourth-order valence-electron chi connectivity index (χ4n) is 1.91. The van der Waals surface area contributed by atoms with E-state index in [1.54, 1.807) is 12.1 Å². The Morgan fingerprint density at radius 1 is 1.17 bits per heavy atom. The number of amides is 1. The van der Waals surface area contributed by atoms with Crippen LogP contribution in [0.5, 0.6) is 0 Å². The van der Waals surface area contributed by atoms with Crippen molar-refractivity contribution in [2.45, 2.75) is 20.0 Å². The fourth-order valence-corrected chi connectivity index (χ4v) is 2.15.